The Bertz CT molecular complexity index is 1520. The van der Waals surface area contributed by atoms with Crippen molar-refractivity contribution in [3.8, 4) is 5.19 Å². The van der Waals surface area contributed by atoms with Crippen LogP contribution in [-0.2, 0) is 20.9 Å². The average Bonchev–Trinajstić information content (AvgIpc) is 3.31. The van der Waals surface area contributed by atoms with E-state index in [-0.39, 0.29) is 24.8 Å². The summed E-state index contributed by atoms with van der Waals surface area (Å²) in [6, 6.07) is 14.6. The van der Waals surface area contributed by atoms with Gasteiger partial charge in [-0.05, 0) is 55.9 Å². The Morgan fingerprint density at radius 2 is 2.02 bits per heavy atom. The Hall–Kier alpha value is -3.76. The largest absolute Gasteiger partial charge is 0.479 e. The van der Waals surface area contributed by atoms with Gasteiger partial charge in [-0.1, -0.05) is 72.7 Å². The van der Waals surface area contributed by atoms with Gasteiger partial charge in [-0.15, -0.1) is 0 Å². The highest BCUT2D eigenvalue weighted by molar-refractivity contribution is 7.20. The molecule has 43 heavy (non-hydrogen) atoms. The van der Waals surface area contributed by atoms with E-state index >= 15 is 0 Å². The smallest absolute Gasteiger partial charge is 0.330 e. The molecule has 226 valence electrons. The van der Waals surface area contributed by atoms with E-state index in [2.05, 4.69) is 21.7 Å². The highest BCUT2D eigenvalue weighted by Gasteiger charge is 2.61. The number of hydrogen-bond donors (Lipinski definition) is 3. The lowest BCUT2D eigenvalue weighted by Gasteiger charge is -2.29. The Morgan fingerprint density at radius 3 is 2.84 bits per heavy atom. The summed E-state index contributed by atoms with van der Waals surface area (Å²) in [5.41, 5.74) is 1.71. The minimum Gasteiger partial charge on any atom is -0.479 e. The molecule has 1 aliphatic carbocycles. The molecule has 3 aliphatic rings. The van der Waals surface area contributed by atoms with Crippen LogP contribution in [0.4, 0.5) is 0 Å². The number of carbonyl (C=O) groups is 3. The van der Waals surface area contributed by atoms with Crippen LogP contribution in [0.5, 0.6) is 5.19 Å². The van der Waals surface area contributed by atoms with E-state index in [4.69, 9.17) is 4.74 Å². The van der Waals surface area contributed by atoms with Crippen LogP contribution in [0.25, 0.3) is 10.2 Å². The van der Waals surface area contributed by atoms with E-state index in [1.165, 1.54) is 11.3 Å². The number of aryl methyl sites for hydroxylation is 1. The number of hydrogen-bond acceptors (Lipinski definition) is 7. The molecule has 1 saturated heterocycles. The van der Waals surface area contributed by atoms with Gasteiger partial charge in [0, 0.05) is 18.9 Å². The third kappa shape index (κ3) is 6.45. The summed E-state index contributed by atoms with van der Waals surface area (Å²) in [6.45, 7) is 2.77. The van der Waals surface area contributed by atoms with Gasteiger partial charge in [0.2, 0.25) is 11.8 Å². The number of thiazole rings is 1. The maximum absolute atomic E-state index is 14.2. The zero-order valence-electron chi connectivity index (χ0n) is 24.3. The number of ether oxygens (including phenoxy) is 1. The van der Waals surface area contributed by atoms with E-state index < -0.39 is 35.6 Å². The van der Waals surface area contributed by atoms with Crippen molar-refractivity contribution in [2.45, 2.75) is 82.1 Å². The number of nitrogens with zero attached hydrogens (tertiary/aromatic N) is 2. The predicted molar refractivity (Wildman–Crippen MR) is 165 cm³/mol. The molecule has 2 fully saturated rings. The van der Waals surface area contributed by atoms with Crippen LogP contribution >= 0.6 is 11.3 Å². The van der Waals surface area contributed by atoms with E-state index in [1.807, 2.05) is 61.5 Å². The van der Waals surface area contributed by atoms with Gasteiger partial charge < -0.3 is 25.4 Å². The molecule has 3 N–H and O–H groups in total. The predicted octanol–water partition coefficient (Wildman–Crippen LogP) is 4.59. The Balaban J connectivity index is 1.26. The van der Waals surface area contributed by atoms with Gasteiger partial charge in [-0.2, -0.15) is 0 Å². The zero-order chi connectivity index (χ0) is 30.0. The zero-order valence-corrected chi connectivity index (χ0v) is 25.1. The van der Waals surface area contributed by atoms with Gasteiger partial charge in [0.05, 0.1) is 22.8 Å². The van der Waals surface area contributed by atoms with Crippen molar-refractivity contribution in [3.63, 3.8) is 0 Å². The number of amides is 2. The topological polar surface area (TPSA) is 121 Å². The molecule has 10 heteroatoms. The van der Waals surface area contributed by atoms with E-state index in [9.17, 15) is 19.5 Å². The molecule has 9 nitrogen and oxygen atoms in total. The molecular weight excluding hydrogens is 564 g/mol. The standard InChI is InChI=1S/C33H38N4O5S/c1-21-14-15-25-28(16-21)43-32(35-25)42-24-17-27-29(38)36-33(31(40)41)18-23(33)12-8-3-2-4-9-13-26(30(39)37(27)20-24)34-19-22-10-6-5-7-11-22/h5-8,10-12,14-16,23-24,26-27,34H,2-4,9,13,17-20H2,1H3,(H,36,38)(H,40,41)/t23-,24-,26+,27+,33-/m1/s1. The lowest BCUT2D eigenvalue weighted by molar-refractivity contribution is -0.145. The highest BCUT2D eigenvalue weighted by Crippen LogP contribution is 2.45. The number of nitrogens with one attached hydrogen (secondary N) is 2. The molecule has 0 radical (unpaired) electrons. The summed E-state index contributed by atoms with van der Waals surface area (Å²) in [7, 11) is 0. The number of aromatic nitrogens is 1. The summed E-state index contributed by atoms with van der Waals surface area (Å²) < 4.78 is 7.31. The number of benzene rings is 2. The fraction of sp³-hybridized carbons (Fsp3) is 0.455. The third-order valence-corrected chi connectivity index (χ3v) is 9.72. The molecule has 0 unspecified atom stereocenters. The second kappa shape index (κ2) is 12.5. The molecule has 2 amide bonds. The highest BCUT2D eigenvalue weighted by atomic mass is 32.1. The van der Waals surface area contributed by atoms with Crippen LogP contribution in [0.2, 0.25) is 0 Å². The molecule has 2 aromatic carbocycles. The fourth-order valence-corrected chi connectivity index (χ4v) is 7.22. The summed E-state index contributed by atoms with van der Waals surface area (Å²) in [4.78, 5) is 46.6. The Kier molecular flexibility index (Phi) is 8.50. The number of carbonyl (C=O) groups excluding carboxylic acids is 2. The molecule has 6 rings (SSSR count). The molecule has 2 aliphatic heterocycles. The van der Waals surface area contributed by atoms with Crippen molar-refractivity contribution < 1.29 is 24.2 Å². The van der Waals surface area contributed by atoms with E-state index in [0.29, 0.717) is 24.6 Å². The second-order valence-electron chi connectivity index (χ2n) is 12.0. The molecule has 1 saturated carbocycles. The van der Waals surface area contributed by atoms with Crippen LogP contribution in [0, 0.1) is 12.8 Å². The van der Waals surface area contributed by atoms with Crippen molar-refractivity contribution in [2.24, 2.45) is 5.92 Å². The summed E-state index contributed by atoms with van der Waals surface area (Å²) in [6.07, 6.45) is 8.37. The normalized spacial score (nSPS) is 28.0. The van der Waals surface area contributed by atoms with Crippen LogP contribution in [0.3, 0.4) is 0 Å². The van der Waals surface area contributed by atoms with Crippen LogP contribution < -0.4 is 15.4 Å². The Labute approximate surface area is 255 Å². The minimum atomic E-state index is -1.34. The van der Waals surface area contributed by atoms with Crippen LogP contribution in [0.1, 0.15) is 56.1 Å². The van der Waals surface area contributed by atoms with Gasteiger partial charge in [-0.3, -0.25) is 9.59 Å². The minimum absolute atomic E-state index is 0.160. The quantitative estimate of drug-likeness (QED) is 0.353. The number of fused-ring (bicyclic) bond motifs is 3. The summed E-state index contributed by atoms with van der Waals surface area (Å²) in [5.74, 6) is -1.92. The van der Waals surface area contributed by atoms with E-state index in [1.54, 1.807) is 4.90 Å². The first-order valence-electron chi connectivity index (χ1n) is 15.2. The van der Waals surface area contributed by atoms with Gasteiger partial charge in [0.25, 0.3) is 5.19 Å². The Morgan fingerprint density at radius 1 is 1.19 bits per heavy atom. The first kappa shape index (κ1) is 29.3. The average molecular weight is 603 g/mol. The van der Waals surface area contributed by atoms with Crippen molar-refractivity contribution in [1.82, 2.24) is 20.5 Å². The molecule has 0 spiro atoms. The van der Waals surface area contributed by atoms with Gasteiger partial charge in [-0.25, -0.2) is 9.78 Å². The summed E-state index contributed by atoms with van der Waals surface area (Å²) >= 11 is 1.44. The number of rotatable bonds is 6. The summed E-state index contributed by atoms with van der Waals surface area (Å²) in [5, 5.41) is 16.9. The lowest BCUT2D eigenvalue weighted by Crippen LogP contribution is -2.55. The molecular formula is C33H38N4O5S. The fourth-order valence-electron chi connectivity index (χ4n) is 6.24. The third-order valence-electron chi connectivity index (χ3n) is 8.81. The lowest BCUT2D eigenvalue weighted by atomic mass is 10.0. The molecule has 5 atom stereocenters. The van der Waals surface area contributed by atoms with Gasteiger partial charge >= 0.3 is 5.97 Å². The molecule has 0 bridgehead atoms. The van der Waals surface area contributed by atoms with Crippen molar-refractivity contribution in [2.75, 3.05) is 6.54 Å². The van der Waals surface area contributed by atoms with Crippen molar-refractivity contribution in [1.29, 1.82) is 0 Å². The van der Waals surface area contributed by atoms with E-state index in [0.717, 1.165) is 47.0 Å². The van der Waals surface area contributed by atoms with Crippen LogP contribution in [-0.4, -0.2) is 63.0 Å². The number of carboxylic acid groups (broad SMARTS) is 1. The molecule has 1 aromatic heterocycles. The van der Waals surface area contributed by atoms with Crippen LogP contribution in [0.15, 0.2) is 60.7 Å². The SMILES string of the molecule is Cc1ccc2nc(O[C@@H]3C[C@H]4C(=O)N[C@]5(C(=O)O)C[C@H]5C=CCCCCC[C@H](NCc5ccccc5)C(=O)N4C3)sc2c1. The number of carboxylic acids is 1. The van der Waals surface area contributed by atoms with Gasteiger partial charge in [0.15, 0.2) is 0 Å². The monoisotopic (exact) mass is 602 g/mol. The second-order valence-corrected chi connectivity index (χ2v) is 13.0. The van der Waals surface area contributed by atoms with Gasteiger partial charge in [0.1, 0.15) is 17.7 Å². The molecule has 3 heterocycles. The first-order chi connectivity index (χ1) is 20.8. The number of aliphatic carboxylic acids is 1. The maximum Gasteiger partial charge on any atom is 0.330 e. The molecule has 3 aromatic rings. The van der Waals surface area contributed by atoms with Crippen molar-refractivity contribution in [3.05, 3.63) is 71.8 Å². The first-order valence-corrected chi connectivity index (χ1v) is 16.0. The maximum atomic E-state index is 14.2. The van der Waals surface area contributed by atoms with Crippen molar-refractivity contribution >= 4 is 39.3 Å². The number of allylic oxidation sites excluding steroid dienone is 1.